The number of hydrogen-bond donors (Lipinski definition) is 1. The number of benzene rings is 1. The van der Waals surface area contributed by atoms with E-state index in [0.29, 0.717) is 12.5 Å². The number of hydrogen-bond acceptors (Lipinski definition) is 2. The first-order valence-corrected chi connectivity index (χ1v) is 8.25. The average Bonchev–Trinajstić information content (AvgIpc) is 3.01. The minimum Gasteiger partial charge on any atom is -0.493 e. The number of aliphatic hydroxyl groups excluding tert-OH is 1. The average molecular weight is 274 g/mol. The van der Waals surface area contributed by atoms with E-state index in [1.807, 2.05) is 0 Å². The summed E-state index contributed by atoms with van der Waals surface area (Å²) in [6.45, 7) is 0.635. The van der Waals surface area contributed by atoms with Crippen LogP contribution in [0.15, 0.2) is 18.2 Å². The molecule has 1 fully saturated rings. The van der Waals surface area contributed by atoms with Crippen LogP contribution in [0.1, 0.15) is 56.1 Å². The molecule has 2 aliphatic rings. The second-order valence-corrected chi connectivity index (χ2v) is 6.39. The third-order valence-corrected chi connectivity index (χ3v) is 4.95. The van der Waals surface area contributed by atoms with Crippen molar-refractivity contribution in [3.8, 4) is 5.75 Å². The monoisotopic (exact) mass is 274 g/mol. The minimum absolute atomic E-state index is 0.171. The molecule has 110 valence electrons. The van der Waals surface area contributed by atoms with Gasteiger partial charge in [-0.15, -0.1) is 0 Å². The summed E-state index contributed by atoms with van der Waals surface area (Å²) >= 11 is 0. The lowest BCUT2D eigenvalue weighted by Gasteiger charge is -2.19. The maximum atomic E-state index is 10.1. The molecule has 0 amide bonds. The molecule has 1 aromatic carbocycles. The molecule has 0 saturated heterocycles. The van der Waals surface area contributed by atoms with Gasteiger partial charge in [0, 0.05) is 6.42 Å². The largest absolute Gasteiger partial charge is 0.493 e. The van der Waals surface area contributed by atoms with E-state index in [2.05, 4.69) is 18.2 Å². The zero-order valence-electron chi connectivity index (χ0n) is 12.3. The SMILES string of the molecule is OC(CCOc1ccc2c(c1)CCCC2)C1CCCC1. The molecule has 1 unspecified atom stereocenters. The highest BCUT2D eigenvalue weighted by atomic mass is 16.5. The van der Waals surface area contributed by atoms with Gasteiger partial charge in [-0.2, -0.15) is 0 Å². The molecular weight excluding hydrogens is 248 g/mol. The smallest absolute Gasteiger partial charge is 0.119 e. The van der Waals surface area contributed by atoms with Crippen molar-refractivity contribution in [2.45, 2.75) is 63.9 Å². The van der Waals surface area contributed by atoms with Gasteiger partial charge in [-0.1, -0.05) is 18.9 Å². The van der Waals surface area contributed by atoms with Crippen LogP contribution in [0.3, 0.4) is 0 Å². The topological polar surface area (TPSA) is 29.5 Å². The van der Waals surface area contributed by atoms with Crippen LogP contribution in [0, 0.1) is 5.92 Å². The summed E-state index contributed by atoms with van der Waals surface area (Å²) in [4.78, 5) is 0. The van der Waals surface area contributed by atoms with Gasteiger partial charge in [0.2, 0.25) is 0 Å². The Balaban J connectivity index is 1.48. The fourth-order valence-electron chi connectivity index (χ4n) is 3.67. The summed E-state index contributed by atoms with van der Waals surface area (Å²) in [5.74, 6) is 1.49. The van der Waals surface area contributed by atoms with Crippen LogP contribution in [-0.2, 0) is 12.8 Å². The summed E-state index contributed by atoms with van der Waals surface area (Å²) in [5, 5.41) is 10.1. The molecule has 0 aliphatic heterocycles. The Kier molecular flexibility index (Phi) is 4.62. The lowest BCUT2D eigenvalue weighted by Crippen LogP contribution is -2.20. The van der Waals surface area contributed by atoms with E-state index in [1.54, 1.807) is 0 Å². The highest BCUT2D eigenvalue weighted by Gasteiger charge is 2.22. The molecule has 20 heavy (non-hydrogen) atoms. The summed E-state index contributed by atoms with van der Waals surface area (Å²) in [5.41, 5.74) is 2.96. The van der Waals surface area contributed by atoms with Gasteiger partial charge in [-0.3, -0.25) is 0 Å². The van der Waals surface area contributed by atoms with Crippen molar-refractivity contribution in [1.82, 2.24) is 0 Å². The first kappa shape index (κ1) is 13.9. The highest BCUT2D eigenvalue weighted by molar-refractivity contribution is 5.37. The second-order valence-electron chi connectivity index (χ2n) is 6.39. The van der Waals surface area contributed by atoms with Crippen molar-refractivity contribution in [1.29, 1.82) is 0 Å². The van der Waals surface area contributed by atoms with E-state index in [0.717, 1.165) is 12.2 Å². The molecule has 0 aromatic heterocycles. The van der Waals surface area contributed by atoms with Gasteiger partial charge in [-0.05, 0) is 67.7 Å². The summed E-state index contributed by atoms with van der Waals surface area (Å²) < 4.78 is 5.84. The van der Waals surface area contributed by atoms with Crippen molar-refractivity contribution < 1.29 is 9.84 Å². The van der Waals surface area contributed by atoms with Crippen LogP contribution in [0.25, 0.3) is 0 Å². The minimum atomic E-state index is -0.171. The van der Waals surface area contributed by atoms with Crippen molar-refractivity contribution in [2.24, 2.45) is 5.92 Å². The fraction of sp³-hybridized carbons (Fsp3) is 0.667. The fourth-order valence-corrected chi connectivity index (χ4v) is 3.67. The van der Waals surface area contributed by atoms with Crippen molar-refractivity contribution in [2.75, 3.05) is 6.61 Å². The van der Waals surface area contributed by atoms with Gasteiger partial charge in [0.15, 0.2) is 0 Å². The van der Waals surface area contributed by atoms with Gasteiger partial charge in [0.05, 0.1) is 12.7 Å². The Morgan fingerprint density at radius 3 is 2.60 bits per heavy atom. The number of aryl methyl sites for hydroxylation is 2. The summed E-state index contributed by atoms with van der Waals surface area (Å²) in [6, 6.07) is 6.51. The molecule has 1 N–H and O–H groups in total. The molecule has 3 rings (SSSR count). The normalized spacial score (nSPS) is 20.6. The molecule has 0 heterocycles. The molecule has 2 nitrogen and oxygen atoms in total. The molecule has 0 bridgehead atoms. The predicted molar refractivity (Wildman–Crippen MR) is 81.2 cm³/mol. The number of fused-ring (bicyclic) bond motifs is 1. The quantitative estimate of drug-likeness (QED) is 0.882. The van der Waals surface area contributed by atoms with E-state index in [4.69, 9.17) is 4.74 Å². The number of aliphatic hydroxyl groups is 1. The van der Waals surface area contributed by atoms with Crippen LogP contribution in [0.2, 0.25) is 0 Å². The van der Waals surface area contributed by atoms with E-state index in [9.17, 15) is 5.11 Å². The Bertz CT molecular complexity index is 435. The molecule has 0 radical (unpaired) electrons. The molecule has 0 spiro atoms. The van der Waals surface area contributed by atoms with Crippen LogP contribution in [-0.4, -0.2) is 17.8 Å². The Hall–Kier alpha value is -1.02. The standard InChI is InChI=1S/C18H26O2/c19-18(15-6-2-3-7-15)11-12-20-17-10-9-14-5-1-4-8-16(14)13-17/h9-10,13,15,18-19H,1-8,11-12H2. The zero-order chi connectivity index (χ0) is 13.8. The first-order chi connectivity index (χ1) is 9.83. The van der Waals surface area contributed by atoms with Crippen LogP contribution < -0.4 is 4.74 Å². The summed E-state index contributed by atoms with van der Waals surface area (Å²) in [7, 11) is 0. The van der Waals surface area contributed by atoms with Gasteiger partial charge >= 0.3 is 0 Å². The Morgan fingerprint density at radius 1 is 1.05 bits per heavy atom. The van der Waals surface area contributed by atoms with E-state index < -0.39 is 0 Å². The molecule has 1 saturated carbocycles. The maximum Gasteiger partial charge on any atom is 0.119 e. The van der Waals surface area contributed by atoms with E-state index in [-0.39, 0.29) is 6.10 Å². The molecule has 2 heteroatoms. The lowest BCUT2D eigenvalue weighted by atomic mass is 9.92. The molecule has 1 atom stereocenters. The molecular formula is C18H26O2. The Labute approximate surface area is 122 Å². The van der Waals surface area contributed by atoms with Crippen molar-refractivity contribution >= 4 is 0 Å². The van der Waals surface area contributed by atoms with Gasteiger partial charge in [-0.25, -0.2) is 0 Å². The van der Waals surface area contributed by atoms with Crippen LogP contribution in [0.4, 0.5) is 0 Å². The first-order valence-electron chi connectivity index (χ1n) is 8.25. The third-order valence-electron chi connectivity index (χ3n) is 4.95. The van der Waals surface area contributed by atoms with Crippen LogP contribution >= 0.6 is 0 Å². The van der Waals surface area contributed by atoms with Gasteiger partial charge in [0.1, 0.15) is 5.75 Å². The zero-order valence-corrected chi connectivity index (χ0v) is 12.3. The van der Waals surface area contributed by atoms with Crippen molar-refractivity contribution in [3.05, 3.63) is 29.3 Å². The van der Waals surface area contributed by atoms with E-state index in [1.165, 1.54) is 62.5 Å². The number of rotatable bonds is 5. The predicted octanol–water partition coefficient (Wildman–Crippen LogP) is 3.89. The van der Waals surface area contributed by atoms with Crippen molar-refractivity contribution in [3.63, 3.8) is 0 Å². The van der Waals surface area contributed by atoms with Gasteiger partial charge < -0.3 is 9.84 Å². The lowest BCUT2D eigenvalue weighted by molar-refractivity contribution is 0.0853. The van der Waals surface area contributed by atoms with E-state index >= 15 is 0 Å². The molecule has 1 aromatic rings. The van der Waals surface area contributed by atoms with Crippen LogP contribution in [0.5, 0.6) is 5.75 Å². The second kappa shape index (κ2) is 6.62. The third kappa shape index (κ3) is 3.35. The molecule has 2 aliphatic carbocycles. The Morgan fingerprint density at radius 2 is 1.80 bits per heavy atom. The van der Waals surface area contributed by atoms with Gasteiger partial charge in [0.25, 0.3) is 0 Å². The highest BCUT2D eigenvalue weighted by Crippen LogP contribution is 2.29. The maximum absolute atomic E-state index is 10.1. The number of ether oxygens (including phenoxy) is 1. The summed E-state index contributed by atoms with van der Waals surface area (Å²) in [6.07, 6.45) is 10.6.